The number of amides is 1. The Hall–Kier alpha value is -0.650. The van der Waals surface area contributed by atoms with E-state index in [1.807, 2.05) is 0 Å². The summed E-state index contributed by atoms with van der Waals surface area (Å²) in [4.78, 5) is 13.8. The van der Waals surface area contributed by atoms with Crippen molar-refractivity contribution in [3.8, 4) is 0 Å². The highest BCUT2D eigenvalue weighted by Gasteiger charge is 2.31. The van der Waals surface area contributed by atoms with Crippen LogP contribution >= 0.6 is 0 Å². The van der Waals surface area contributed by atoms with E-state index in [0.29, 0.717) is 18.6 Å². The molecule has 2 atom stereocenters. The van der Waals surface area contributed by atoms with Crippen LogP contribution < -0.4 is 11.1 Å². The predicted octanol–water partition coefficient (Wildman–Crippen LogP) is -0.297. The molecule has 1 aliphatic heterocycles. The van der Waals surface area contributed by atoms with Gasteiger partial charge in [0.1, 0.15) is 0 Å². The van der Waals surface area contributed by atoms with E-state index < -0.39 is 0 Å². The maximum absolute atomic E-state index is 11.4. The summed E-state index contributed by atoms with van der Waals surface area (Å²) < 4.78 is 5.46. The van der Waals surface area contributed by atoms with Gasteiger partial charge in [-0.3, -0.25) is 9.69 Å². The fraction of sp³-hybridized carbons (Fsp3) is 0.917. The van der Waals surface area contributed by atoms with Gasteiger partial charge in [-0.25, -0.2) is 0 Å². The van der Waals surface area contributed by atoms with Crippen molar-refractivity contribution in [1.29, 1.82) is 0 Å². The highest BCUT2D eigenvalue weighted by molar-refractivity contribution is 5.80. The van der Waals surface area contributed by atoms with Gasteiger partial charge in [-0.15, -0.1) is 0 Å². The van der Waals surface area contributed by atoms with Crippen molar-refractivity contribution in [3.05, 3.63) is 0 Å². The number of nitrogens with two attached hydrogens (primary N) is 1. The minimum Gasteiger partial charge on any atom is -0.378 e. The molecule has 3 N–H and O–H groups in total. The summed E-state index contributed by atoms with van der Waals surface area (Å²) in [5, 5.41) is 3.33. The maximum atomic E-state index is 11.4. The molecule has 5 nitrogen and oxygen atoms in total. The molecular formula is C12H23N3O2. The molecule has 17 heavy (non-hydrogen) atoms. The molecule has 1 saturated carbocycles. The van der Waals surface area contributed by atoms with Crippen molar-refractivity contribution in [1.82, 2.24) is 10.2 Å². The molecule has 0 aromatic heterocycles. The fourth-order valence-corrected chi connectivity index (χ4v) is 2.30. The smallest absolute Gasteiger partial charge is 0.235 e. The topological polar surface area (TPSA) is 67.6 Å². The third kappa shape index (κ3) is 3.66. The highest BCUT2D eigenvalue weighted by Crippen LogP contribution is 2.20. The van der Waals surface area contributed by atoms with E-state index in [4.69, 9.17) is 10.5 Å². The van der Waals surface area contributed by atoms with E-state index in [2.05, 4.69) is 17.1 Å². The van der Waals surface area contributed by atoms with Crippen LogP contribution in [0.3, 0.4) is 0 Å². The van der Waals surface area contributed by atoms with Crippen molar-refractivity contribution in [3.63, 3.8) is 0 Å². The molecule has 5 heteroatoms. The van der Waals surface area contributed by atoms with E-state index in [9.17, 15) is 4.79 Å². The van der Waals surface area contributed by atoms with Gasteiger partial charge in [-0.05, 0) is 19.3 Å². The van der Waals surface area contributed by atoms with Gasteiger partial charge in [0.2, 0.25) is 5.91 Å². The Morgan fingerprint density at radius 3 is 2.94 bits per heavy atom. The van der Waals surface area contributed by atoms with Crippen LogP contribution in [0.1, 0.15) is 26.2 Å². The molecule has 1 amide bonds. The molecule has 0 aromatic rings. The van der Waals surface area contributed by atoms with Crippen LogP contribution in [0, 0.1) is 0 Å². The monoisotopic (exact) mass is 241 g/mol. The van der Waals surface area contributed by atoms with Gasteiger partial charge < -0.3 is 15.8 Å². The van der Waals surface area contributed by atoms with Crippen molar-refractivity contribution in [2.24, 2.45) is 5.73 Å². The molecule has 2 aliphatic rings. The van der Waals surface area contributed by atoms with Gasteiger partial charge in [0.05, 0.1) is 19.3 Å². The molecule has 98 valence electrons. The van der Waals surface area contributed by atoms with Crippen molar-refractivity contribution >= 4 is 5.91 Å². The zero-order chi connectivity index (χ0) is 12.3. The van der Waals surface area contributed by atoms with Gasteiger partial charge in [0.25, 0.3) is 0 Å². The molecular weight excluding hydrogens is 218 g/mol. The number of hydrogen-bond acceptors (Lipinski definition) is 4. The molecule has 0 spiro atoms. The first kappa shape index (κ1) is 12.8. The number of rotatable bonds is 6. The average Bonchev–Trinajstić information content (AvgIpc) is 3.12. The lowest BCUT2D eigenvalue weighted by molar-refractivity contribution is -0.121. The Kier molecular flexibility index (Phi) is 4.36. The minimum absolute atomic E-state index is 0.213. The standard InChI is InChI=1S/C12H23N3O2/c1-2-10-8-17-6-5-15(10)7-11(12(13)16)14-9-3-4-9/h9-11,14H,2-8H2,1H3,(H2,13,16). The van der Waals surface area contributed by atoms with Gasteiger partial charge >= 0.3 is 0 Å². The molecule has 0 aromatic carbocycles. The summed E-state index contributed by atoms with van der Waals surface area (Å²) >= 11 is 0. The van der Waals surface area contributed by atoms with Gasteiger partial charge in [-0.2, -0.15) is 0 Å². The average molecular weight is 241 g/mol. The molecule has 0 radical (unpaired) electrons. The number of primary amides is 1. The molecule has 2 fully saturated rings. The predicted molar refractivity (Wildman–Crippen MR) is 65.6 cm³/mol. The number of carbonyl (C=O) groups is 1. The fourth-order valence-electron chi connectivity index (χ4n) is 2.30. The first-order chi connectivity index (χ1) is 8.20. The zero-order valence-corrected chi connectivity index (χ0v) is 10.5. The van der Waals surface area contributed by atoms with Crippen LogP contribution in [-0.2, 0) is 9.53 Å². The molecule has 2 rings (SSSR count). The first-order valence-electron chi connectivity index (χ1n) is 6.58. The summed E-state index contributed by atoms with van der Waals surface area (Å²) in [6.45, 7) is 5.29. The summed E-state index contributed by atoms with van der Waals surface area (Å²) in [7, 11) is 0. The van der Waals surface area contributed by atoms with Gasteiger partial charge in [0.15, 0.2) is 0 Å². The van der Waals surface area contributed by atoms with Gasteiger partial charge in [-0.1, -0.05) is 6.92 Å². The summed E-state index contributed by atoms with van der Waals surface area (Å²) in [5.41, 5.74) is 5.46. The van der Waals surface area contributed by atoms with E-state index in [-0.39, 0.29) is 11.9 Å². The second-order valence-electron chi connectivity index (χ2n) is 5.03. The van der Waals surface area contributed by atoms with E-state index in [0.717, 1.165) is 26.2 Å². The number of ether oxygens (including phenoxy) is 1. The number of morpholine rings is 1. The summed E-state index contributed by atoms with van der Waals surface area (Å²) in [5.74, 6) is -0.238. The van der Waals surface area contributed by atoms with E-state index >= 15 is 0 Å². The summed E-state index contributed by atoms with van der Waals surface area (Å²) in [6.07, 6.45) is 3.39. The van der Waals surface area contributed by atoms with E-state index in [1.54, 1.807) is 0 Å². The normalized spacial score (nSPS) is 27.9. The minimum atomic E-state index is -0.238. The Morgan fingerprint density at radius 2 is 2.35 bits per heavy atom. The maximum Gasteiger partial charge on any atom is 0.235 e. The van der Waals surface area contributed by atoms with Crippen molar-refractivity contribution in [2.45, 2.75) is 44.3 Å². The highest BCUT2D eigenvalue weighted by atomic mass is 16.5. The molecule has 2 unspecified atom stereocenters. The van der Waals surface area contributed by atoms with Crippen LogP contribution in [-0.4, -0.2) is 55.2 Å². The zero-order valence-electron chi connectivity index (χ0n) is 10.5. The van der Waals surface area contributed by atoms with Crippen LogP contribution in [0.25, 0.3) is 0 Å². The lowest BCUT2D eigenvalue weighted by Crippen LogP contribution is -2.55. The Labute approximate surface area is 103 Å². The Morgan fingerprint density at radius 1 is 1.59 bits per heavy atom. The SMILES string of the molecule is CCC1COCCN1CC(NC1CC1)C(N)=O. The molecule has 1 saturated heterocycles. The number of carbonyl (C=O) groups excluding carboxylic acids is 1. The largest absolute Gasteiger partial charge is 0.378 e. The lowest BCUT2D eigenvalue weighted by atomic mass is 10.1. The van der Waals surface area contributed by atoms with Crippen molar-refractivity contribution in [2.75, 3.05) is 26.3 Å². The van der Waals surface area contributed by atoms with Crippen LogP contribution in [0.4, 0.5) is 0 Å². The Bertz CT molecular complexity index is 268. The number of nitrogens with one attached hydrogen (secondary N) is 1. The van der Waals surface area contributed by atoms with Crippen LogP contribution in [0.15, 0.2) is 0 Å². The summed E-state index contributed by atoms with van der Waals surface area (Å²) in [6, 6.07) is 0.717. The third-order valence-electron chi connectivity index (χ3n) is 3.60. The molecule has 1 heterocycles. The van der Waals surface area contributed by atoms with Crippen LogP contribution in [0.2, 0.25) is 0 Å². The van der Waals surface area contributed by atoms with Gasteiger partial charge in [0, 0.05) is 25.2 Å². The van der Waals surface area contributed by atoms with Crippen LogP contribution in [0.5, 0.6) is 0 Å². The third-order valence-corrected chi connectivity index (χ3v) is 3.60. The van der Waals surface area contributed by atoms with Crippen molar-refractivity contribution < 1.29 is 9.53 Å². The second kappa shape index (κ2) is 5.80. The molecule has 1 aliphatic carbocycles. The molecule has 0 bridgehead atoms. The quantitative estimate of drug-likeness (QED) is 0.670. The first-order valence-corrected chi connectivity index (χ1v) is 6.58. The number of nitrogens with zero attached hydrogens (tertiary/aromatic N) is 1. The number of hydrogen-bond donors (Lipinski definition) is 2. The Balaban J connectivity index is 1.87. The van der Waals surface area contributed by atoms with E-state index in [1.165, 1.54) is 12.8 Å². The second-order valence-corrected chi connectivity index (χ2v) is 5.03. The lowest BCUT2D eigenvalue weighted by Gasteiger charge is -2.36.